The van der Waals surface area contributed by atoms with E-state index < -0.39 is 13.2 Å². The molecule has 5 aromatic rings. The van der Waals surface area contributed by atoms with E-state index in [1.54, 1.807) is 18.2 Å². The minimum Gasteiger partial charge on any atom is -0.423 e. The lowest BCUT2D eigenvalue weighted by molar-refractivity contribution is 0.426. The van der Waals surface area contributed by atoms with Crippen LogP contribution in [-0.4, -0.2) is 17.2 Å². The van der Waals surface area contributed by atoms with Crippen LogP contribution in [0.15, 0.2) is 90.9 Å². The molecule has 4 heteroatoms. The average Bonchev–Trinajstić information content (AvgIpc) is 3.21. The first-order chi connectivity index (χ1) is 15.8. The van der Waals surface area contributed by atoms with Crippen molar-refractivity contribution in [1.29, 1.82) is 0 Å². The summed E-state index contributed by atoms with van der Waals surface area (Å²) in [5.74, 6) is 0. The van der Waals surface area contributed by atoms with Crippen LogP contribution in [-0.2, 0) is 0 Å². The molecular weight excluding hydrogens is 363 g/mol. The highest BCUT2D eigenvalue weighted by molar-refractivity contribution is 7.26. The third kappa shape index (κ3) is 2.83. The smallest absolute Gasteiger partial charge is 0.423 e. The van der Waals surface area contributed by atoms with Gasteiger partial charge in [0.1, 0.15) is 0 Å². The van der Waals surface area contributed by atoms with Crippen molar-refractivity contribution < 1.29 is 16.9 Å². The molecule has 0 saturated heterocycles. The molecule has 1 heterocycles. The fraction of sp³-hybridized carbons (Fsp3) is 0. The second-order valence-electron chi connectivity index (χ2n) is 6.46. The third-order valence-corrected chi connectivity index (χ3v) is 6.10. The maximum absolute atomic E-state index is 9.38. The fourth-order valence-electron chi connectivity index (χ4n) is 3.46. The zero-order valence-electron chi connectivity index (χ0n) is 19.7. The normalized spacial score (nSPS) is 13.7. The highest BCUT2D eigenvalue weighted by Gasteiger charge is 2.15. The first-order valence-electron chi connectivity index (χ1n) is 11.3. The second-order valence-corrected chi connectivity index (χ2v) is 7.48. The molecular formula is C24H17BO2S. The summed E-state index contributed by atoms with van der Waals surface area (Å²) in [6.45, 7) is 0. The molecule has 134 valence electrons. The molecule has 0 amide bonds. The molecule has 2 N–H and O–H groups in total. The van der Waals surface area contributed by atoms with Crippen LogP contribution in [0.1, 0.15) is 6.85 Å². The molecule has 0 fully saturated rings. The van der Waals surface area contributed by atoms with E-state index in [2.05, 4.69) is 0 Å². The Labute approximate surface area is 174 Å². The average molecular weight is 385 g/mol. The minimum atomic E-state index is -1.53. The van der Waals surface area contributed by atoms with Gasteiger partial charge in [0.15, 0.2) is 0 Å². The summed E-state index contributed by atoms with van der Waals surface area (Å²) in [6.07, 6.45) is 0. The Kier molecular flexibility index (Phi) is 3.09. The second kappa shape index (κ2) is 6.91. The SMILES string of the molecule is [2H]c1c([2H])c([2H])c(-c2cccc3c2sc2c(-c4ccc(B(O)O)cc4)cccc23)c([2H])c1[2H]. The van der Waals surface area contributed by atoms with Gasteiger partial charge in [0, 0.05) is 20.2 Å². The zero-order valence-corrected chi connectivity index (χ0v) is 15.5. The Bertz CT molecular complexity index is 1520. The standard InChI is InChI=1S/C24H17BO2S/c26-25(27)18-14-12-17(13-15-18)20-9-5-11-22-21-10-4-8-19(23(21)28-24(20)22)16-6-2-1-3-7-16/h1-15,26-27H/i1D,2D,3D,6D,7D. The van der Waals surface area contributed by atoms with Crippen LogP contribution >= 0.6 is 11.3 Å². The number of benzene rings is 4. The maximum atomic E-state index is 9.38. The van der Waals surface area contributed by atoms with Gasteiger partial charge in [0.2, 0.25) is 0 Å². The van der Waals surface area contributed by atoms with Crippen molar-refractivity contribution >= 4 is 44.1 Å². The van der Waals surface area contributed by atoms with Crippen LogP contribution in [0.5, 0.6) is 0 Å². The molecule has 0 atom stereocenters. The highest BCUT2D eigenvalue weighted by Crippen LogP contribution is 2.43. The Morgan fingerprint density at radius 1 is 0.679 bits per heavy atom. The van der Waals surface area contributed by atoms with E-state index in [9.17, 15) is 10.0 Å². The van der Waals surface area contributed by atoms with Crippen LogP contribution in [0.4, 0.5) is 0 Å². The molecule has 0 aliphatic rings. The molecule has 4 aromatic carbocycles. The predicted octanol–water partition coefficient (Wildman–Crippen LogP) is 5.07. The molecule has 0 aliphatic carbocycles. The van der Waals surface area contributed by atoms with Crippen LogP contribution in [0, 0.1) is 0 Å². The number of fused-ring (bicyclic) bond motifs is 3. The molecule has 1 aromatic heterocycles. The lowest BCUT2D eigenvalue weighted by atomic mass is 9.80. The Hall–Kier alpha value is -2.92. The summed E-state index contributed by atoms with van der Waals surface area (Å²) < 4.78 is 42.7. The molecule has 0 spiro atoms. The van der Waals surface area contributed by atoms with Gasteiger partial charge >= 0.3 is 7.12 Å². The molecule has 0 saturated carbocycles. The van der Waals surface area contributed by atoms with E-state index in [1.807, 2.05) is 42.5 Å². The minimum absolute atomic E-state index is 0.195. The van der Waals surface area contributed by atoms with Crippen molar-refractivity contribution in [2.75, 3.05) is 0 Å². The van der Waals surface area contributed by atoms with Gasteiger partial charge in [-0.2, -0.15) is 0 Å². The lowest BCUT2D eigenvalue weighted by Gasteiger charge is -2.05. The van der Waals surface area contributed by atoms with Crippen molar-refractivity contribution in [3.8, 4) is 22.3 Å². The van der Waals surface area contributed by atoms with Crippen LogP contribution in [0.25, 0.3) is 42.4 Å². The van der Waals surface area contributed by atoms with Gasteiger partial charge < -0.3 is 10.0 Å². The van der Waals surface area contributed by atoms with Crippen molar-refractivity contribution in [1.82, 2.24) is 0 Å². The summed E-state index contributed by atoms with van der Waals surface area (Å²) in [5, 5.41) is 20.7. The van der Waals surface area contributed by atoms with Gasteiger partial charge in [-0.1, -0.05) is 90.9 Å². The number of thiophene rings is 1. The monoisotopic (exact) mass is 385 g/mol. The van der Waals surface area contributed by atoms with Crippen LogP contribution in [0.3, 0.4) is 0 Å². The van der Waals surface area contributed by atoms with E-state index in [1.165, 1.54) is 11.3 Å². The van der Waals surface area contributed by atoms with Gasteiger partial charge in [-0.15, -0.1) is 11.3 Å². The van der Waals surface area contributed by atoms with Crippen molar-refractivity contribution in [3.63, 3.8) is 0 Å². The van der Waals surface area contributed by atoms with Gasteiger partial charge in [0.25, 0.3) is 0 Å². The van der Waals surface area contributed by atoms with E-state index in [0.29, 0.717) is 11.0 Å². The van der Waals surface area contributed by atoms with Crippen molar-refractivity contribution in [3.05, 3.63) is 90.9 Å². The van der Waals surface area contributed by atoms with Gasteiger partial charge in [-0.3, -0.25) is 0 Å². The first kappa shape index (κ1) is 12.5. The summed E-state index contributed by atoms with van der Waals surface area (Å²) in [4.78, 5) is 0. The maximum Gasteiger partial charge on any atom is 0.488 e. The fourth-order valence-corrected chi connectivity index (χ4v) is 4.82. The molecule has 0 radical (unpaired) electrons. The number of rotatable bonds is 3. The summed E-state index contributed by atoms with van der Waals surface area (Å²) >= 11 is 1.51. The molecule has 28 heavy (non-hydrogen) atoms. The van der Waals surface area contributed by atoms with Gasteiger partial charge in [0.05, 0.1) is 6.85 Å². The number of hydrogen-bond donors (Lipinski definition) is 2. The van der Waals surface area contributed by atoms with E-state index in [0.717, 1.165) is 31.3 Å². The highest BCUT2D eigenvalue weighted by atomic mass is 32.1. The first-order valence-corrected chi connectivity index (χ1v) is 9.59. The topological polar surface area (TPSA) is 40.5 Å². The molecule has 2 nitrogen and oxygen atoms in total. The van der Waals surface area contributed by atoms with Gasteiger partial charge in [-0.05, 0) is 27.7 Å². The van der Waals surface area contributed by atoms with Crippen molar-refractivity contribution in [2.45, 2.75) is 0 Å². The molecule has 5 rings (SSSR count). The lowest BCUT2D eigenvalue weighted by Crippen LogP contribution is -2.29. The van der Waals surface area contributed by atoms with Crippen molar-refractivity contribution in [2.24, 2.45) is 0 Å². The molecule has 0 unspecified atom stereocenters. The Morgan fingerprint density at radius 3 is 1.82 bits per heavy atom. The van der Waals surface area contributed by atoms with Gasteiger partial charge in [-0.25, -0.2) is 0 Å². The van der Waals surface area contributed by atoms with Crippen LogP contribution in [0.2, 0.25) is 0 Å². The predicted molar refractivity (Wildman–Crippen MR) is 120 cm³/mol. The quantitative estimate of drug-likeness (QED) is 0.426. The Morgan fingerprint density at radius 2 is 1.25 bits per heavy atom. The summed E-state index contributed by atoms with van der Waals surface area (Å²) in [5.41, 5.74) is 3.10. The van der Waals surface area contributed by atoms with Crippen LogP contribution < -0.4 is 5.46 Å². The summed E-state index contributed by atoms with van der Waals surface area (Å²) in [7, 11) is -1.53. The van der Waals surface area contributed by atoms with E-state index >= 15 is 0 Å². The molecule has 0 bridgehead atoms. The third-order valence-electron chi connectivity index (χ3n) is 4.81. The number of hydrogen-bond acceptors (Lipinski definition) is 3. The Balaban J connectivity index is 1.79. The summed E-state index contributed by atoms with van der Waals surface area (Å²) in [6, 6.07) is 17.0. The van der Waals surface area contributed by atoms with E-state index in [-0.39, 0.29) is 29.7 Å². The largest absolute Gasteiger partial charge is 0.488 e. The van der Waals surface area contributed by atoms with E-state index in [4.69, 9.17) is 6.85 Å². The zero-order chi connectivity index (χ0) is 23.4. The molecule has 0 aliphatic heterocycles.